The summed E-state index contributed by atoms with van der Waals surface area (Å²) < 4.78 is 39.5. The van der Waals surface area contributed by atoms with Gasteiger partial charge in [-0.15, -0.1) is 0 Å². The Morgan fingerprint density at radius 3 is 2.61 bits per heavy atom. The largest absolute Gasteiger partial charge is 0.418 e. The number of hydrogen-bond donors (Lipinski definition) is 1. The van der Waals surface area contributed by atoms with E-state index in [-0.39, 0.29) is 11.3 Å². The van der Waals surface area contributed by atoms with Crippen LogP contribution in [0.5, 0.6) is 0 Å². The summed E-state index contributed by atoms with van der Waals surface area (Å²) >= 11 is 0. The number of nitrogens with zero attached hydrogens (tertiary/aromatic N) is 2. The van der Waals surface area contributed by atoms with Gasteiger partial charge in [-0.05, 0) is 56.1 Å². The smallest absolute Gasteiger partial charge is 0.274 e. The number of halogens is 3. The Bertz CT molecular complexity index is 656. The molecule has 2 heterocycles. The highest BCUT2D eigenvalue weighted by Crippen LogP contribution is 2.55. The highest BCUT2D eigenvalue weighted by molar-refractivity contribution is 5.77. The van der Waals surface area contributed by atoms with Gasteiger partial charge in [0.15, 0.2) is 0 Å². The number of para-hydroxylation sites is 1. The number of alkyl halides is 3. The van der Waals surface area contributed by atoms with Crippen LogP contribution in [-0.2, 0) is 11.0 Å². The summed E-state index contributed by atoms with van der Waals surface area (Å²) in [7, 11) is 0. The first-order chi connectivity index (χ1) is 11.0. The van der Waals surface area contributed by atoms with Gasteiger partial charge in [-0.3, -0.25) is 15.3 Å². The van der Waals surface area contributed by atoms with Crippen molar-refractivity contribution in [2.24, 2.45) is 11.8 Å². The Hall–Kier alpha value is -1.47. The van der Waals surface area contributed by atoms with Crippen LogP contribution < -0.4 is 10.4 Å². The molecular weight excluding hydrogens is 307 g/mol. The van der Waals surface area contributed by atoms with Crippen LogP contribution in [0.25, 0.3) is 0 Å². The fourth-order valence-electron chi connectivity index (χ4n) is 4.89. The molecule has 124 valence electrons. The Morgan fingerprint density at radius 1 is 1.17 bits per heavy atom. The third-order valence-corrected chi connectivity index (χ3v) is 5.96. The lowest BCUT2D eigenvalue weighted by molar-refractivity contribution is -0.225. The number of hydrogen-bond acceptors (Lipinski definition) is 4. The minimum atomic E-state index is -4.37. The molecule has 3 saturated carbocycles. The Kier molecular flexibility index (Phi) is 2.62. The summed E-state index contributed by atoms with van der Waals surface area (Å²) in [5.74, 6) is 1.20. The quantitative estimate of drug-likeness (QED) is 0.781. The molecule has 1 aromatic carbocycles. The lowest BCUT2D eigenvalue weighted by Crippen LogP contribution is -2.50. The van der Waals surface area contributed by atoms with Crippen LogP contribution in [0.3, 0.4) is 0 Å². The number of anilines is 2. The van der Waals surface area contributed by atoms with Crippen molar-refractivity contribution in [3.63, 3.8) is 0 Å². The molecule has 5 aliphatic rings. The zero-order valence-electron chi connectivity index (χ0n) is 12.6. The lowest BCUT2D eigenvalue weighted by Gasteiger charge is -2.47. The van der Waals surface area contributed by atoms with E-state index < -0.39 is 11.7 Å². The third kappa shape index (κ3) is 1.86. The monoisotopic (exact) mass is 325 g/mol. The van der Waals surface area contributed by atoms with Gasteiger partial charge >= 0.3 is 6.18 Å². The van der Waals surface area contributed by atoms with Gasteiger partial charge in [0.05, 0.1) is 23.5 Å². The van der Waals surface area contributed by atoms with Gasteiger partial charge in [-0.1, -0.05) is 6.07 Å². The highest BCUT2D eigenvalue weighted by Gasteiger charge is 2.57. The highest BCUT2D eigenvalue weighted by atomic mass is 19.4. The van der Waals surface area contributed by atoms with Gasteiger partial charge in [0.1, 0.15) is 5.60 Å². The van der Waals surface area contributed by atoms with Crippen molar-refractivity contribution in [3.8, 4) is 0 Å². The molecule has 0 unspecified atom stereocenters. The minimum absolute atomic E-state index is 0.0934. The molecule has 1 N–H and O–H groups in total. The second-order valence-corrected chi connectivity index (χ2v) is 7.22. The van der Waals surface area contributed by atoms with Crippen molar-refractivity contribution >= 4 is 11.4 Å². The van der Waals surface area contributed by atoms with E-state index in [1.54, 1.807) is 6.07 Å². The van der Waals surface area contributed by atoms with Crippen molar-refractivity contribution in [2.75, 3.05) is 17.0 Å². The average molecular weight is 325 g/mol. The zero-order valence-corrected chi connectivity index (χ0v) is 12.6. The van der Waals surface area contributed by atoms with Gasteiger partial charge < -0.3 is 0 Å². The van der Waals surface area contributed by atoms with Gasteiger partial charge in [0, 0.05) is 5.28 Å². The molecule has 0 aromatic heterocycles. The number of benzene rings is 1. The summed E-state index contributed by atoms with van der Waals surface area (Å²) in [6, 6.07) is 4.29. The van der Waals surface area contributed by atoms with Crippen molar-refractivity contribution < 1.29 is 18.0 Å². The first-order valence-electron chi connectivity index (χ1n) is 8.20. The van der Waals surface area contributed by atoms with E-state index in [0.29, 0.717) is 24.1 Å². The Balaban J connectivity index is 1.50. The molecule has 1 saturated heterocycles. The summed E-state index contributed by atoms with van der Waals surface area (Å²) in [4.78, 5) is 6.18. The molecular formula is C16H18F3N3O. The van der Waals surface area contributed by atoms with Gasteiger partial charge in [0.2, 0.25) is 0 Å². The van der Waals surface area contributed by atoms with Crippen LogP contribution in [0, 0.1) is 11.8 Å². The molecule has 1 spiro atoms. The van der Waals surface area contributed by atoms with E-state index in [4.69, 9.17) is 4.84 Å². The molecule has 2 bridgehead atoms. The van der Waals surface area contributed by atoms with E-state index in [2.05, 4.69) is 5.43 Å². The van der Waals surface area contributed by atoms with E-state index in [1.807, 2.05) is 5.01 Å². The van der Waals surface area contributed by atoms with Gasteiger partial charge in [-0.2, -0.15) is 13.2 Å². The number of hydrazine groups is 2. The number of nitrogens with one attached hydrogen (secondary N) is 1. The SMILES string of the molecule is FC(F)(F)c1cccc2c1NN1O[C@@]3(CN21)C[C@H]1CC[C@@H]3CC1. The fourth-order valence-corrected chi connectivity index (χ4v) is 4.89. The first-order valence-corrected chi connectivity index (χ1v) is 8.20. The molecule has 6 rings (SSSR count). The Labute approximate surface area is 132 Å². The predicted octanol–water partition coefficient (Wildman–Crippen LogP) is 3.96. The van der Waals surface area contributed by atoms with Crippen LogP contribution in [0.1, 0.15) is 37.7 Å². The number of fused-ring (bicyclic) bond motifs is 5. The van der Waals surface area contributed by atoms with Crippen LogP contribution in [0.4, 0.5) is 24.5 Å². The van der Waals surface area contributed by atoms with Crippen LogP contribution >= 0.6 is 0 Å². The maximum Gasteiger partial charge on any atom is 0.418 e. The average Bonchev–Trinajstić information content (AvgIpc) is 3.01. The second kappa shape index (κ2) is 4.33. The van der Waals surface area contributed by atoms with Crippen LogP contribution in [0.15, 0.2) is 18.2 Å². The molecule has 2 aliphatic heterocycles. The molecule has 0 amide bonds. The van der Waals surface area contributed by atoms with E-state index in [9.17, 15) is 13.2 Å². The molecule has 1 atom stereocenters. The molecule has 4 nitrogen and oxygen atoms in total. The Morgan fingerprint density at radius 2 is 1.96 bits per heavy atom. The molecule has 0 radical (unpaired) electrons. The fraction of sp³-hybridized carbons (Fsp3) is 0.625. The second-order valence-electron chi connectivity index (χ2n) is 7.22. The number of rotatable bonds is 0. The molecule has 3 aliphatic carbocycles. The lowest BCUT2D eigenvalue weighted by atomic mass is 9.62. The minimum Gasteiger partial charge on any atom is -0.274 e. The standard InChI is InChI=1S/C16H18F3N3O/c17-16(18,19)12-2-1-3-13-14(12)20-22-21(13)9-15(23-22)8-10-4-6-11(15)7-5-10/h1-3,10-11,20H,4-9H2/t10-,11+,15-/m1/s1. The molecule has 1 aromatic rings. The van der Waals surface area contributed by atoms with Crippen molar-refractivity contribution in [1.82, 2.24) is 5.28 Å². The van der Waals surface area contributed by atoms with Crippen molar-refractivity contribution in [2.45, 2.75) is 43.9 Å². The summed E-state index contributed by atoms with van der Waals surface area (Å²) in [5.41, 5.74) is 2.58. The predicted molar refractivity (Wildman–Crippen MR) is 78.1 cm³/mol. The van der Waals surface area contributed by atoms with Crippen molar-refractivity contribution in [3.05, 3.63) is 23.8 Å². The molecule has 7 heteroatoms. The molecule has 23 heavy (non-hydrogen) atoms. The van der Waals surface area contributed by atoms with Crippen LogP contribution in [0.2, 0.25) is 0 Å². The third-order valence-electron chi connectivity index (χ3n) is 5.96. The van der Waals surface area contributed by atoms with E-state index in [1.165, 1.54) is 37.0 Å². The topological polar surface area (TPSA) is 27.7 Å². The normalized spacial score (nSPS) is 35.5. The maximum absolute atomic E-state index is 13.2. The van der Waals surface area contributed by atoms with Gasteiger partial charge in [-0.25, -0.2) is 0 Å². The summed E-state index contributed by atoms with van der Waals surface area (Å²) in [5, 5.41) is 3.26. The van der Waals surface area contributed by atoms with E-state index >= 15 is 0 Å². The first kappa shape index (κ1) is 13.9. The summed E-state index contributed by atoms with van der Waals surface area (Å²) in [6.45, 7) is 0.634. The van der Waals surface area contributed by atoms with Crippen LogP contribution in [-0.4, -0.2) is 17.4 Å². The zero-order chi connectivity index (χ0) is 15.8. The van der Waals surface area contributed by atoms with Crippen molar-refractivity contribution in [1.29, 1.82) is 0 Å². The van der Waals surface area contributed by atoms with E-state index in [0.717, 1.165) is 12.5 Å². The summed E-state index contributed by atoms with van der Waals surface area (Å²) in [6.07, 6.45) is 1.50. The molecule has 4 fully saturated rings. The van der Waals surface area contributed by atoms with Gasteiger partial charge in [0.25, 0.3) is 0 Å². The maximum atomic E-state index is 13.2.